The summed E-state index contributed by atoms with van der Waals surface area (Å²) in [5.41, 5.74) is 9.77. The third-order valence-electron chi connectivity index (χ3n) is 3.84. The maximum Gasteiger partial charge on any atom is 0.114 e. The van der Waals surface area contributed by atoms with E-state index in [2.05, 4.69) is 52.1 Å². The van der Waals surface area contributed by atoms with Crippen LogP contribution in [0.4, 0.5) is 0 Å². The molecule has 0 aliphatic heterocycles. The fourth-order valence-electron chi connectivity index (χ4n) is 2.66. The maximum absolute atomic E-state index is 5.49. The van der Waals surface area contributed by atoms with Gasteiger partial charge in [-0.1, -0.05) is 19.1 Å². The van der Waals surface area contributed by atoms with Crippen molar-refractivity contribution in [2.24, 2.45) is 5.73 Å². The normalized spacial score (nSPS) is 11.7. The highest BCUT2D eigenvalue weighted by Crippen LogP contribution is 2.39. The highest BCUT2D eigenvalue weighted by atomic mass is 32.1. The van der Waals surface area contributed by atoms with Crippen molar-refractivity contribution in [1.29, 1.82) is 0 Å². The number of nitrogens with zero attached hydrogens (tertiary/aromatic N) is 2. The molecule has 3 aromatic heterocycles. The molecule has 0 aliphatic rings. The molecule has 4 rings (SSSR count). The quantitative estimate of drug-likeness (QED) is 0.506. The number of rotatable bonds is 4. The fourth-order valence-corrected chi connectivity index (χ4v) is 5.15. The number of hydrogen-bond donors (Lipinski definition) is 1. The molecule has 0 fully saturated rings. The summed E-state index contributed by atoms with van der Waals surface area (Å²) < 4.78 is 9.13. The molecular weight excluding hydrogens is 354 g/mol. The molecule has 0 atom stereocenters. The van der Waals surface area contributed by atoms with Crippen molar-refractivity contribution in [2.45, 2.75) is 13.3 Å². The molecule has 0 aliphatic carbocycles. The van der Waals surface area contributed by atoms with Gasteiger partial charge in [-0.05, 0) is 43.0 Å². The highest BCUT2D eigenvalue weighted by molar-refractivity contribution is 7.16. The Hall–Kier alpha value is -2.02. The second-order valence-electron chi connectivity index (χ2n) is 5.30. The van der Waals surface area contributed by atoms with Crippen LogP contribution in [-0.4, -0.2) is 8.75 Å². The van der Waals surface area contributed by atoms with E-state index in [1.54, 1.807) is 17.5 Å². The topological polar surface area (TPSA) is 51.8 Å². The Labute approximate surface area is 152 Å². The summed E-state index contributed by atoms with van der Waals surface area (Å²) in [6, 6.07) is 12.9. The Morgan fingerprint density at radius 3 is 2.21 bits per heavy atom. The van der Waals surface area contributed by atoms with Crippen molar-refractivity contribution in [2.75, 3.05) is 0 Å². The van der Waals surface area contributed by atoms with Gasteiger partial charge in [-0.15, -0.1) is 22.7 Å². The Morgan fingerprint density at radius 2 is 1.58 bits per heavy atom. The first kappa shape index (κ1) is 15.5. The third-order valence-corrected chi connectivity index (χ3v) is 6.72. The van der Waals surface area contributed by atoms with Gasteiger partial charge in [0, 0.05) is 30.6 Å². The molecule has 6 heteroatoms. The summed E-state index contributed by atoms with van der Waals surface area (Å²) in [7, 11) is 0. The van der Waals surface area contributed by atoms with Crippen LogP contribution in [0.2, 0.25) is 0 Å². The van der Waals surface area contributed by atoms with Crippen LogP contribution >= 0.6 is 34.4 Å². The van der Waals surface area contributed by atoms with Gasteiger partial charge in [0.25, 0.3) is 0 Å². The Balaban J connectivity index is 1.84. The van der Waals surface area contributed by atoms with Crippen molar-refractivity contribution in [1.82, 2.24) is 8.75 Å². The smallest absolute Gasteiger partial charge is 0.114 e. The Morgan fingerprint density at radius 1 is 0.917 bits per heavy atom. The van der Waals surface area contributed by atoms with Crippen LogP contribution in [0.15, 0.2) is 42.6 Å². The van der Waals surface area contributed by atoms with Crippen molar-refractivity contribution in [3.63, 3.8) is 0 Å². The van der Waals surface area contributed by atoms with E-state index < -0.39 is 0 Å². The molecule has 3 nitrogen and oxygen atoms in total. The molecule has 0 saturated carbocycles. The molecular formula is C18H15N3S3. The fraction of sp³-hybridized carbons (Fsp3) is 0.111. The first-order valence-corrected chi connectivity index (χ1v) is 9.99. The van der Waals surface area contributed by atoms with Crippen molar-refractivity contribution < 1.29 is 0 Å². The van der Waals surface area contributed by atoms with E-state index in [-0.39, 0.29) is 0 Å². The van der Waals surface area contributed by atoms with Crippen LogP contribution in [0.25, 0.3) is 38.0 Å². The van der Waals surface area contributed by atoms with E-state index in [0.29, 0.717) is 0 Å². The van der Waals surface area contributed by atoms with Gasteiger partial charge in [-0.3, -0.25) is 0 Å². The summed E-state index contributed by atoms with van der Waals surface area (Å²) in [6.07, 6.45) is 4.55. The molecule has 24 heavy (non-hydrogen) atoms. The number of benzene rings is 1. The van der Waals surface area contributed by atoms with Crippen LogP contribution in [0.5, 0.6) is 0 Å². The van der Waals surface area contributed by atoms with Crippen LogP contribution in [-0.2, 0) is 6.42 Å². The average molecular weight is 370 g/mol. The molecule has 0 saturated heterocycles. The summed E-state index contributed by atoms with van der Waals surface area (Å²) in [5, 5.41) is 0. The minimum absolute atomic E-state index is 0.981. The lowest BCUT2D eigenvalue weighted by Gasteiger charge is -2.03. The number of thiophene rings is 2. The summed E-state index contributed by atoms with van der Waals surface area (Å²) in [6.45, 7) is 2.18. The largest absolute Gasteiger partial charge is 0.405 e. The van der Waals surface area contributed by atoms with E-state index in [0.717, 1.165) is 27.9 Å². The lowest BCUT2D eigenvalue weighted by atomic mass is 10.1. The minimum atomic E-state index is 0.981. The van der Waals surface area contributed by atoms with Gasteiger partial charge in [0.15, 0.2) is 0 Å². The van der Waals surface area contributed by atoms with Crippen molar-refractivity contribution in [3.8, 4) is 20.9 Å². The standard InChI is InChI=1S/C18H15N3S3/c1-2-11-3-7-15(22-11)13-5-6-14(18-17(13)20-24-21-18)16-8-4-12(23-16)9-10-19/h3-10H,2,19H2,1H3/b10-9+. The third kappa shape index (κ3) is 2.66. The van der Waals surface area contributed by atoms with E-state index in [4.69, 9.17) is 5.73 Å². The molecule has 4 aromatic rings. The number of aryl methyl sites for hydroxylation is 1. The van der Waals surface area contributed by atoms with E-state index in [1.165, 1.54) is 31.9 Å². The molecule has 0 unspecified atom stereocenters. The molecule has 120 valence electrons. The predicted molar refractivity (Wildman–Crippen MR) is 107 cm³/mol. The molecule has 3 heterocycles. The van der Waals surface area contributed by atoms with Gasteiger partial charge in [0.05, 0.1) is 11.7 Å². The lowest BCUT2D eigenvalue weighted by Crippen LogP contribution is -1.81. The molecule has 0 radical (unpaired) electrons. The van der Waals surface area contributed by atoms with Crippen LogP contribution in [0.1, 0.15) is 16.7 Å². The first-order chi connectivity index (χ1) is 11.8. The van der Waals surface area contributed by atoms with Crippen molar-refractivity contribution in [3.05, 3.63) is 52.4 Å². The Kier molecular flexibility index (Phi) is 4.18. The molecule has 2 N–H and O–H groups in total. The second-order valence-corrected chi connectivity index (χ2v) is 8.11. The summed E-state index contributed by atoms with van der Waals surface area (Å²) >= 11 is 4.82. The van der Waals surface area contributed by atoms with Gasteiger partial charge in [0.1, 0.15) is 11.0 Å². The zero-order chi connectivity index (χ0) is 16.5. The van der Waals surface area contributed by atoms with E-state index >= 15 is 0 Å². The van der Waals surface area contributed by atoms with Crippen LogP contribution in [0, 0.1) is 0 Å². The maximum atomic E-state index is 5.49. The average Bonchev–Trinajstić information content (AvgIpc) is 3.34. The lowest BCUT2D eigenvalue weighted by molar-refractivity contribution is 1.19. The van der Waals surface area contributed by atoms with Crippen molar-refractivity contribution >= 4 is 51.5 Å². The number of nitrogens with two attached hydrogens (primary N) is 1. The molecule has 1 aromatic carbocycles. The number of fused-ring (bicyclic) bond motifs is 1. The highest BCUT2D eigenvalue weighted by Gasteiger charge is 2.15. The second kappa shape index (κ2) is 6.47. The summed E-state index contributed by atoms with van der Waals surface area (Å²) in [5.74, 6) is 0. The number of hydrogen-bond acceptors (Lipinski definition) is 6. The zero-order valence-corrected chi connectivity index (χ0v) is 15.5. The van der Waals surface area contributed by atoms with Gasteiger partial charge >= 0.3 is 0 Å². The predicted octanol–water partition coefficient (Wildman–Crippen LogP) is 5.64. The molecule has 0 spiro atoms. The van der Waals surface area contributed by atoms with Gasteiger partial charge < -0.3 is 5.73 Å². The van der Waals surface area contributed by atoms with E-state index in [9.17, 15) is 0 Å². The monoisotopic (exact) mass is 369 g/mol. The van der Waals surface area contributed by atoms with Gasteiger partial charge in [-0.25, -0.2) is 0 Å². The minimum Gasteiger partial charge on any atom is -0.405 e. The first-order valence-electron chi connectivity index (χ1n) is 7.63. The molecule has 0 amide bonds. The summed E-state index contributed by atoms with van der Waals surface area (Å²) in [4.78, 5) is 4.97. The van der Waals surface area contributed by atoms with Crippen LogP contribution < -0.4 is 5.73 Å². The zero-order valence-electron chi connectivity index (χ0n) is 13.0. The molecule has 0 bridgehead atoms. The Bertz CT molecular complexity index is 1020. The number of aromatic nitrogens is 2. The van der Waals surface area contributed by atoms with E-state index in [1.807, 2.05) is 17.4 Å². The van der Waals surface area contributed by atoms with Gasteiger partial charge in [0.2, 0.25) is 0 Å². The van der Waals surface area contributed by atoms with Gasteiger partial charge in [-0.2, -0.15) is 8.75 Å². The van der Waals surface area contributed by atoms with Crippen LogP contribution in [0.3, 0.4) is 0 Å². The SMILES string of the molecule is CCc1ccc(-c2ccc(-c3ccc(/C=C/N)s3)c3nsnc23)s1.